The van der Waals surface area contributed by atoms with Gasteiger partial charge in [0.15, 0.2) is 0 Å². The second kappa shape index (κ2) is 10.0. The number of aromatic nitrogens is 2. The van der Waals surface area contributed by atoms with Crippen LogP contribution in [0.4, 0.5) is 4.79 Å². The predicted molar refractivity (Wildman–Crippen MR) is 127 cm³/mol. The van der Waals surface area contributed by atoms with Gasteiger partial charge in [0.25, 0.3) is 0 Å². The molecular formula is C26H33N5O. The fourth-order valence-corrected chi connectivity index (χ4v) is 4.78. The molecule has 4 rings (SSSR count). The fourth-order valence-electron chi connectivity index (χ4n) is 4.78. The highest BCUT2D eigenvalue weighted by Gasteiger charge is 2.32. The molecular weight excluding hydrogens is 398 g/mol. The molecule has 3 aromatic rings. The molecule has 1 saturated heterocycles. The summed E-state index contributed by atoms with van der Waals surface area (Å²) in [6, 6.07) is 17.2. The van der Waals surface area contributed by atoms with E-state index in [-0.39, 0.29) is 18.1 Å². The van der Waals surface area contributed by atoms with Gasteiger partial charge >= 0.3 is 6.03 Å². The first-order chi connectivity index (χ1) is 15.6. The molecule has 1 aliphatic rings. The van der Waals surface area contributed by atoms with E-state index < -0.39 is 0 Å². The predicted octanol–water partition coefficient (Wildman–Crippen LogP) is 4.42. The van der Waals surface area contributed by atoms with Crippen LogP contribution in [-0.4, -0.2) is 52.0 Å². The maximum Gasteiger partial charge on any atom is 0.317 e. The number of aryl methyl sites for hydroxylation is 2. The number of urea groups is 1. The summed E-state index contributed by atoms with van der Waals surface area (Å²) < 4.78 is 0. The van der Waals surface area contributed by atoms with Crippen molar-refractivity contribution in [2.75, 3.05) is 20.1 Å². The number of imidazole rings is 1. The summed E-state index contributed by atoms with van der Waals surface area (Å²) in [6.07, 6.45) is 5.57. The van der Waals surface area contributed by atoms with Crippen molar-refractivity contribution in [2.24, 2.45) is 0 Å². The van der Waals surface area contributed by atoms with Crippen molar-refractivity contribution in [3.63, 3.8) is 0 Å². The number of piperidine rings is 1. The number of aromatic amines is 1. The van der Waals surface area contributed by atoms with E-state index >= 15 is 0 Å². The number of hydrogen-bond acceptors (Lipinski definition) is 3. The Labute approximate surface area is 190 Å². The first-order valence-corrected chi connectivity index (χ1v) is 11.4. The third-order valence-electron chi connectivity index (χ3n) is 6.52. The van der Waals surface area contributed by atoms with E-state index in [9.17, 15) is 4.79 Å². The van der Waals surface area contributed by atoms with Gasteiger partial charge in [-0.05, 0) is 43.4 Å². The van der Waals surface area contributed by atoms with E-state index in [2.05, 4.69) is 64.4 Å². The molecule has 32 heavy (non-hydrogen) atoms. The largest absolute Gasteiger partial charge is 0.347 e. The highest BCUT2D eigenvalue weighted by molar-refractivity contribution is 5.74. The third-order valence-corrected chi connectivity index (χ3v) is 6.52. The van der Waals surface area contributed by atoms with Crippen LogP contribution in [0.1, 0.15) is 46.8 Å². The van der Waals surface area contributed by atoms with Crippen molar-refractivity contribution in [1.82, 2.24) is 25.1 Å². The normalized spacial score (nSPS) is 16.0. The Kier molecular flexibility index (Phi) is 6.90. The standard InChI is InChI=1S/C26H33N5O/c1-19-9-10-20(2)23(15-19)25(24-16-28-18-29-24)30-13-11-22(12-14-30)31(26(32)27-3)17-21-7-5-4-6-8-21/h4-10,15-16,18,22,25H,11-14,17H2,1-3H3,(H,27,32)(H,28,29). The minimum absolute atomic E-state index is 0.00745. The Balaban J connectivity index is 1.53. The number of amides is 2. The molecule has 1 unspecified atom stereocenters. The molecule has 6 nitrogen and oxygen atoms in total. The molecule has 1 fully saturated rings. The summed E-state index contributed by atoms with van der Waals surface area (Å²) >= 11 is 0. The Morgan fingerprint density at radius 1 is 1.19 bits per heavy atom. The molecule has 0 spiro atoms. The van der Waals surface area contributed by atoms with Crippen molar-refractivity contribution >= 4 is 6.03 Å². The molecule has 1 aromatic heterocycles. The highest BCUT2D eigenvalue weighted by Crippen LogP contribution is 2.33. The van der Waals surface area contributed by atoms with Crippen molar-refractivity contribution < 1.29 is 4.79 Å². The summed E-state index contributed by atoms with van der Waals surface area (Å²) in [6.45, 7) is 6.79. The monoisotopic (exact) mass is 431 g/mol. The van der Waals surface area contributed by atoms with Crippen molar-refractivity contribution in [3.8, 4) is 0 Å². The Morgan fingerprint density at radius 3 is 2.59 bits per heavy atom. The maximum absolute atomic E-state index is 12.7. The van der Waals surface area contributed by atoms with E-state index in [4.69, 9.17) is 0 Å². The van der Waals surface area contributed by atoms with E-state index in [0.717, 1.165) is 37.2 Å². The summed E-state index contributed by atoms with van der Waals surface area (Å²) in [5.74, 6) is 0. The number of carbonyl (C=O) groups is 1. The van der Waals surface area contributed by atoms with Gasteiger partial charge in [0.05, 0.1) is 18.1 Å². The Morgan fingerprint density at radius 2 is 1.94 bits per heavy atom. The van der Waals surface area contributed by atoms with Crippen LogP contribution < -0.4 is 5.32 Å². The zero-order valence-corrected chi connectivity index (χ0v) is 19.2. The van der Waals surface area contributed by atoms with Crippen LogP contribution in [0.2, 0.25) is 0 Å². The molecule has 2 amide bonds. The molecule has 1 atom stereocenters. The van der Waals surface area contributed by atoms with Gasteiger partial charge in [0, 0.05) is 38.9 Å². The number of nitrogens with one attached hydrogen (secondary N) is 2. The second-order valence-corrected chi connectivity index (χ2v) is 8.71. The van der Waals surface area contributed by atoms with Crippen molar-refractivity contribution in [1.29, 1.82) is 0 Å². The SMILES string of the molecule is CNC(=O)N(Cc1ccccc1)C1CCN(C(c2cnc[nH]2)c2cc(C)ccc2C)CC1. The van der Waals surface area contributed by atoms with Gasteiger partial charge in [-0.2, -0.15) is 0 Å². The molecule has 168 valence electrons. The average Bonchev–Trinajstić information content (AvgIpc) is 3.35. The van der Waals surface area contributed by atoms with E-state index in [1.54, 1.807) is 13.4 Å². The van der Waals surface area contributed by atoms with Gasteiger partial charge < -0.3 is 15.2 Å². The van der Waals surface area contributed by atoms with E-state index in [0.29, 0.717) is 6.54 Å². The lowest BCUT2D eigenvalue weighted by Crippen LogP contribution is -2.50. The van der Waals surface area contributed by atoms with Gasteiger partial charge in [-0.3, -0.25) is 4.90 Å². The Hall–Kier alpha value is -3.12. The molecule has 1 aliphatic heterocycles. The first-order valence-electron chi connectivity index (χ1n) is 11.4. The fraction of sp³-hybridized carbons (Fsp3) is 0.385. The molecule has 2 N–H and O–H groups in total. The number of hydrogen-bond donors (Lipinski definition) is 2. The summed E-state index contributed by atoms with van der Waals surface area (Å²) in [4.78, 5) is 24.9. The molecule has 2 heterocycles. The van der Waals surface area contributed by atoms with Gasteiger partial charge in [0.1, 0.15) is 0 Å². The highest BCUT2D eigenvalue weighted by atomic mass is 16.2. The van der Waals surface area contributed by atoms with Crippen LogP contribution >= 0.6 is 0 Å². The summed E-state index contributed by atoms with van der Waals surface area (Å²) in [7, 11) is 1.71. The number of rotatable bonds is 6. The third kappa shape index (κ3) is 4.86. The maximum atomic E-state index is 12.7. The van der Waals surface area contributed by atoms with Gasteiger partial charge in [-0.1, -0.05) is 54.1 Å². The van der Waals surface area contributed by atoms with E-state index in [1.165, 1.54) is 16.7 Å². The number of H-pyrrole nitrogens is 1. The molecule has 0 saturated carbocycles. The van der Waals surface area contributed by atoms with Crippen LogP contribution in [0, 0.1) is 13.8 Å². The number of nitrogens with zero attached hydrogens (tertiary/aromatic N) is 3. The Bertz CT molecular complexity index is 1010. The lowest BCUT2D eigenvalue weighted by molar-refractivity contribution is 0.102. The summed E-state index contributed by atoms with van der Waals surface area (Å²) in [5.41, 5.74) is 6.14. The lowest BCUT2D eigenvalue weighted by atomic mass is 9.93. The van der Waals surface area contributed by atoms with E-state index in [1.807, 2.05) is 29.3 Å². The molecule has 0 aliphatic carbocycles. The zero-order chi connectivity index (χ0) is 22.5. The second-order valence-electron chi connectivity index (χ2n) is 8.71. The number of benzene rings is 2. The average molecular weight is 432 g/mol. The first kappa shape index (κ1) is 22.1. The van der Waals surface area contributed by atoms with Crippen LogP contribution in [-0.2, 0) is 6.54 Å². The zero-order valence-electron chi connectivity index (χ0n) is 19.2. The lowest BCUT2D eigenvalue weighted by Gasteiger charge is -2.41. The van der Waals surface area contributed by atoms with Gasteiger partial charge in [-0.25, -0.2) is 9.78 Å². The van der Waals surface area contributed by atoms with Crippen molar-refractivity contribution in [2.45, 2.75) is 45.3 Å². The quantitative estimate of drug-likeness (QED) is 0.607. The minimum atomic E-state index is -0.00745. The van der Waals surface area contributed by atoms with Crippen molar-refractivity contribution in [3.05, 3.63) is 89.0 Å². The minimum Gasteiger partial charge on any atom is -0.347 e. The van der Waals surface area contributed by atoms with Gasteiger partial charge in [0.2, 0.25) is 0 Å². The smallest absolute Gasteiger partial charge is 0.317 e. The van der Waals surface area contributed by atoms with Crippen LogP contribution in [0.5, 0.6) is 0 Å². The molecule has 6 heteroatoms. The number of carbonyl (C=O) groups excluding carboxylic acids is 1. The van der Waals surface area contributed by atoms with Crippen LogP contribution in [0.15, 0.2) is 61.1 Å². The van der Waals surface area contributed by atoms with Gasteiger partial charge in [-0.15, -0.1) is 0 Å². The topological polar surface area (TPSA) is 64.3 Å². The molecule has 0 radical (unpaired) electrons. The number of likely N-dealkylation sites (tertiary alicyclic amines) is 1. The molecule has 0 bridgehead atoms. The van der Waals surface area contributed by atoms with Crippen LogP contribution in [0.3, 0.4) is 0 Å². The van der Waals surface area contributed by atoms with Crippen LogP contribution in [0.25, 0.3) is 0 Å². The summed E-state index contributed by atoms with van der Waals surface area (Å²) in [5, 5.41) is 2.84. The molecule has 2 aromatic carbocycles.